The van der Waals surface area contributed by atoms with Crippen LogP contribution in [0.15, 0.2) is 18.9 Å². The van der Waals surface area contributed by atoms with Gasteiger partial charge in [-0.3, -0.25) is 0 Å². The molecule has 4 rings (SSSR count). The van der Waals surface area contributed by atoms with Crippen molar-refractivity contribution in [2.24, 2.45) is 0 Å². The number of ether oxygens (including phenoxy) is 2. The van der Waals surface area contributed by atoms with Crippen LogP contribution >= 0.6 is 22.9 Å². The van der Waals surface area contributed by atoms with Gasteiger partial charge in [-0.1, -0.05) is 11.6 Å². The lowest BCUT2D eigenvalue weighted by Gasteiger charge is -2.31. The van der Waals surface area contributed by atoms with Gasteiger partial charge in [0.05, 0.1) is 11.8 Å². The monoisotopic (exact) mass is 280 g/mol. The molecule has 1 aliphatic heterocycles. The molecule has 2 aromatic rings. The van der Waals surface area contributed by atoms with Gasteiger partial charge in [-0.2, -0.15) is 0 Å². The fourth-order valence-electron chi connectivity index (χ4n) is 2.59. The molecule has 0 bridgehead atoms. The van der Waals surface area contributed by atoms with Crippen molar-refractivity contribution in [2.75, 3.05) is 0 Å². The minimum absolute atomic E-state index is 0.506. The van der Waals surface area contributed by atoms with Crippen molar-refractivity contribution in [3.63, 3.8) is 0 Å². The summed E-state index contributed by atoms with van der Waals surface area (Å²) < 4.78 is 11.2. The fraction of sp³-hybridized carbons (Fsp3) is 0.333. The Morgan fingerprint density at radius 2 is 2.11 bits per heavy atom. The molecule has 2 aliphatic rings. The number of fused-ring (bicyclic) bond motifs is 3. The number of aromatic nitrogens is 2. The Kier molecular flexibility index (Phi) is 2.11. The molecule has 6 heteroatoms. The third kappa shape index (κ3) is 1.37. The molecule has 3 heterocycles. The number of hydrogen-bond acceptors (Lipinski definition) is 5. The molecule has 1 spiro atoms. The minimum atomic E-state index is -0.506. The second-order valence-corrected chi connectivity index (χ2v) is 5.89. The molecule has 1 aliphatic carbocycles. The van der Waals surface area contributed by atoms with Crippen LogP contribution in [0.3, 0.4) is 0 Å². The number of halogens is 1. The third-order valence-corrected chi connectivity index (χ3v) is 4.86. The lowest BCUT2D eigenvalue weighted by molar-refractivity contribution is -0.147. The Labute approximate surface area is 112 Å². The summed E-state index contributed by atoms with van der Waals surface area (Å²) in [6, 6.07) is 0. The van der Waals surface area contributed by atoms with Gasteiger partial charge in [0.25, 0.3) is 5.79 Å². The Morgan fingerprint density at radius 1 is 1.28 bits per heavy atom. The maximum Gasteiger partial charge on any atom is 0.254 e. The van der Waals surface area contributed by atoms with E-state index in [0.29, 0.717) is 5.15 Å². The summed E-state index contributed by atoms with van der Waals surface area (Å²) >= 11 is 7.82. The van der Waals surface area contributed by atoms with Gasteiger partial charge in [0.2, 0.25) is 0 Å². The largest absolute Gasteiger partial charge is 0.456 e. The van der Waals surface area contributed by atoms with E-state index in [0.717, 1.165) is 29.5 Å². The van der Waals surface area contributed by atoms with Crippen LogP contribution in [0.1, 0.15) is 16.9 Å². The fourth-order valence-corrected chi connectivity index (χ4v) is 4.16. The van der Waals surface area contributed by atoms with E-state index in [-0.39, 0.29) is 0 Å². The van der Waals surface area contributed by atoms with Crippen LogP contribution in [0.2, 0.25) is 5.15 Å². The summed E-state index contributed by atoms with van der Waals surface area (Å²) in [5.41, 5.74) is 1.25. The van der Waals surface area contributed by atoms with Gasteiger partial charge >= 0.3 is 0 Å². The maximum absolute atomic E-state index is 6.17. The Morgan fingerprint density at radius 3 is 2.94 bits per heavy atom. The summed E-state index contributed by atoms with van der Waals surface area (Å²) in [5, 5.41) is 1.54. The van der Waals surface area contributed by atoms with Crippen LogP contribution in [0.4, 0.5) is 0 Å². The van der Waals surface area contributed by atoms with E-state index >= 15 is 0 Å². The first-order valence-electron chi connectivity index (χ1n) is 5.69. The summed E-state index contributed by atoms with van der Waals surface area (Å²) in [5.74, 6) is -0.506. The van der Waals surface area contributed by atoms with Crippen molar-refractivity contribution in [3.8, 4) is 0 Å². The predicted octanol–water partition coefficient (Wildman–Crippen LogP) is 3.05. The van der Waals surface area contributed by atoms with E-state index < -0.39 is 5.79 Å². The van der Waals surface area contributed by atoms with Gasteiger partial charge in [-0.25, -0.2) is 9.97 Å². The van der Waals surface area contributed by atoms with Crippen LogP contribution in [-0.4, -0.2) is 15.8 Å². The summed E-state index contributed by atoms with van der Waals surface area (Å²) in [6.07, 6.45) is 7.18. The van der Waals surface area contributed by atoms with E-state index in [1.807, 2.05) is 0 Å². The number of aryl methyl sites for hydroxylation is 1. The number of rotatable bonds is 0. The molecule has 4 nitrogen and oxygen atoms in total. The van der Waals surface area contributed by atoms with E-state index in [1.54, 1.807) is 23.9 Å². The average molecular weight is 281 g/mol. The van der Waals surface area contributed by atoms with Crippen molar-refractivity contribution in [1.82, 2.24) is 9.97 Å². The van der Waals surface area contributed by atoms with Gasteiger partial charge in [0.1, 0.15) is 28.8 Å². The van der Waals surface area contributed by atoms with Crippen molar-refractivity contribution in [3.05, 3.63) is 34.4 Å². The molecule has 0 unspecified atom stereocenters. The smallest absolute Gasteiger partial charge is 0.254 e. The number of nitrogens with zero attached hydrogens (tertiary/aromatic N) is 2. The number of thiophene rings is 1. The van der Waals surface area contributed by atoms with Crippen LogP contribution in [0.25, 0.3) is 10.2 Å². The molecule has 0 saturated carbocycles. The molecule has 0 N–H and O–H groups in total. The lowest BCUT2D eigenvalue weighted by atomic mass is 9.92. The Bertz CT molecular complexity index is 659. The zero-order valence-electron chi connectivity index (χ0n) is 9.35. The molecule has 18 heavy (non-hydrogen) atoms. The normalized spacial score (nSPS) is 19.8. The number of hydrogen-bond donors (Lipinski definition) is 0. The van der Waals surface area contributed by atoms with Gasteiger partial charge in [-0.15, -0.1) is 11.3 Å². The first-order chi connectivity index (χ1) is 8.77. The first kappa shape index (κ1) is 10.6. The standard InChI is InChI=1S/C12H9ClN2O2S/c13-10-9-7-1-2-12(16-3-4-17-12)5-8(7)18-11(9)15-6-14-10/h3-4,6H,1-2,5H2. The van der Waals surface area contributed by atoms with E-state index in [4.69, 9.17) is 21.1 Å². The molecule has 0 saturated heterocycles. The highest BCUT2D eigenvalue weighted by molar-refractivity contribution is 7.19. The topological polar surface area (TPSA) is 44.2 Å². The van der Waals surface area contributed by atoms with E-state index in [2.05, 4.69) is 9.97 Å². The minimum Gasteiger partial charge on any atom is -0.456 e. The van der Waals surface area contributed by atoms with Crippen LogP contribution in [-0.2, 0) is 22.3 Å². The van der Waals surface area contributed by atoms with Crippen molar-refractivity contribution < 1.29 is 9.47 Å². The summed E-state index contributed by atoms with van der Waals surface area (Å²) in [7, 11) is 0. The van der Waals surface area contributed by atoms with Gasteiger partial charge in [0, 0.05) is 11.3 Å². The van der Waals surface area contributed by atoms with Crippen LogP contribution in [0, 0.1) is 0 Å². The van der Waals surface area contributed by atoms with Gasteiger partial charge in [-0.05, 0) is 12.0 Å². The van der Waals surface area contributed by atoms with Gasteiger partial charge < -0.3 is 9.47 Å². The Balaban J connectivity index is 1.86. The Hall–Kier alpha value is -1.33. The lowest BCUT2D eigenvalue weighted by Crippen LogP contribution is -2.36. The van der Waals surface area contributed by atoms with Crippen molar-refractivity contribution in [1.29, 1.82) is 0 Å². The van der Waals surface area contributed by atoms with Crippen molar-refractivity contribution >= 4 is 33.2 Å². The van der Waals surface area contributed by atoms with Crippen molar-refractivity contribution in [2.45, 2.75) is 25.0 Å². The predicted molar refractivity (Wildman–Crippen MR) is 68.5 cm³/mol. The molecular formula is C12H9ClN2O2S. The molecule has 0 amide bonds. The highest BCUT2D eigenvalue weighted by atomic mass is 35.5. The SMILES string of the molecule is Clc1ncnc2sc3c(c12)CCC1(C3)OC=CO1. The summed E-state index contributed by atoms with van der Waals surface area (Å²) in [4.78, 5) is 10.5. The zero-order chi connectivity index (χ0) is 12.2. The van der Waals surface area contributed by atoms with E-state index in [9.17, 15) is 0 Å². The molecule has 0 radical (unpaired) electrons. The molecule has 0 fully saturated rings. The summed E-state index contributed by atoms with van der Waals surface area (Å²) in [6.45, 7) is 0. The second-order valence-electron chi connectivity index (χ2n) is 4.44. The highest BCUT2D eigenvalue weighted by Gasteiger charge is 2.41. The van der Waals surface area contributed by atoms with Crippen LogP contribution in [0.5, 0.6) is 0 Å². The first-order valence-corrected chi connectivity index (χ1v) is 6.88. The highest BCUT2D eigenvalue weighted by Crippen LogP contribution is 2.43. The van der Waals surface area contributed by atoms with E-state index in [1.165, 1.54) is 16.8 Å². The molecular weight excluding hydrogens is 272 g/mol. The molecule has 2 aromatic heterocycles. The third-order valence-electron chi connectivity index (χ3n) is 3.43. The molecule has 92 valence electrons. The molecule has 0 atom stereocenters. The quantitative estimate of drug-likeness (QED) is 0.696. The van der Waals surface area contributed by atoms with Crippen LogP contribution < -0.4 is 0 Å². The zero-order valence-corrected chi connectivity index (χ0v) is 10.9. The maximum atomic E-state index is 6.17. The molecule has 0 aromatic carbocycles. The van der Waals surface area contributed by atoms with Gasteiger partial charge in [0.15, 0.2) is 0 Å². The second kappa shape index (κ2) is 3.59. The average Bonchev–Trinajstić information content (AvgIpc) is 2.94.